The Morgan fingerprint density at radius 1 is 1.18 bits per heavy atom. The molecule has 1 aromatic carbocycles. The van der Waals surface area contributed by atoms with Crippen LogP contribution in [0.3, 0.4) is 0 Å². The Kier molecular flexibility index (Phi) is 8.72. The third kappa shape index (κ3) is 8.01. The summed E-state index contributed by atoms with van der Waals surface area (Å²) in [6.45, 7) is 1.39. The molecule has 92 valence electrons. The predicted octanol–water partition coefficient (Wildman–Crippen LogP) is 2.17. The van der Waals surface area contributed by atoms with Gasteiger partial charge in [0.2, 0.25) is 0 Å². The number of rotatable bonds is 7. The normalized spacial score (nSPS) is 9.71. The quantitative estimate of drug-likeness (QED) is 0.436. The predicted molar refractivity (Wildman–Crippen MR) is 71.2 cm³/mol. The van der Waals surface area contributed by atoms with Gasteiger partial charge in [-0.1, -0.05) is 0 Å². The molecule has 0 N–H and O–H groups in total. The van der Waals surface area contributed by atoms with E-state index in [2.05, 4.69) is 11.8 Å². The van der Waals surface area contributed by atoms with E-state index in [-0.39, 0.29) is 0 Å². The van der Waals surface area contributed by atoms with Gasteiger partial charge in [-0.2, -0.15) is 0 Å². The van der Waals surface area contributed by atoms with E-state index in [1.807, 2.05) is 30.3 Å². The Morgan fingerprint density at radius 3 is 2.76 bits per heavy atom. The zero-order valence-corrected chi connectivity index (χ0v) is 11.9. The summed E-state index contributed by atoms with van der Waals surface area (Å²) >= 11 is 0.541. The topological polar surface area (TPSA) is 18.5 Å². The Morgan fingerprint density at radius 2 is 2.00 bits per heavy atom. The molecule has 0 saturated heterocycles. The van der Waals surface area contributed by atoms with Crippen LogP contribution in [-0.2, 0) is 9.47 Å². The van der Waals surface area contributed by atoms with Crippen LogP contribution >= 0.6 is 0 Å². The number of ether oxygens (including phenoxy) is 2. The van der Waals surface area contributed by atoms with Crippen molar-refractivity contribution in [3.05, 3.63) is 35.9 Å². The van der Waals surface area contributed by atoms with Gasteiger partial charge in [0.05, 0.1) is 0 Å². The SMILES string of the molecule is COCCOC[Se]CCC#Cc1ccccc1. The molecule has 0 saturated carbocycles. The maximum atomic E-state index is 5.39. The molecule has 0 spiro atoms. The van der Waals surface area contributed by atoms with Gasteiger partial charge in [0.15, 0.2) is 0 Å². The van der Waals surface area contributed by atoms with Crippen molar-refractivity contribution in [2.45, 2.75) is 11.7 Å². The molecule has 0 amide bonds. The Hall–Kier alpha value is -0.781. The molecular weight excluding hydrogens is 279 g/mol. The van der Waals surface area contributed by atoms with Gasteiger partial charge in [0, 0.05) is 0 Å². The Labute approximate surface area is 110 Å². The van der Waals surface area contributed by atoms with Crippen molar-refractivity contribution < 1.29 is 9.47 Å². The molecule has 0 aliphatic rings. The summed E-state index contributed by atoms with van der Waals surface area (Å²) in [7, 11) is 1.69. The average molecular weight is 297 g/mol. The third-order valence-electron chi connectivity index (χ3n) is 1.98. The average Bonchev–Trinajstić information content (AvgIpc) is 2.38. The second-order valence-electron chi connectivity index (χ2n) is 3.34. The van der Waals surface area contributed by atoms with Gasteiger partial charge in [-0.25, -0.2) is 0 Å². The summed E-state index contributed by atoms with van der Waals surface area (Å²) < 4.78 is 10.3. The van der Waals surface area contributed by atoms with Crippen LogP contribution in [0.2, 0.25) is 5.32 Å². The monoisotopic (exact) mass is 298 g/mol. The number of methoxy groups -OCH3 is 1. The molecule has 17 heavy (non-hydrogen) atoms. The zero-order valence-electron chi connectivity index (χ0n) is 10.1. The van der Waals surface area contributed by atoms with E-state index in [1.165, 1.54) is 0 Å². The van der Waals surface area contributed by atoms with E-state index in [0.29, 0.717) is 28.2 Å². The fourth-order valence-corrected chi connectivity index (χ4v) is 2.39. The van der Waals surface area contributed by atoms with Gasteiger partial charge >= 0.3 is 110 Å². The van der Waals surface area contributed by atoms with Crippen LogP contribution in [0.5, 0.6) is 0 Å². The number of hydrogen-bond acceptors (Lipinski definition) is 2. The molecule has 0 aliphatic carbocycles. The number of benzene rings is 1. The molecule has 0 fully saturated rings. The van der Waals surface area contributed by atoms with E-state index in [4.69, 9.17) is 9.47 Å². The van der Waals surface area contributed by atoms with Gasteiger partial charge in [-0.15, -0.1) is 0 Å². The van der Waals surface area contributed by atoms with Gasteiger partial charge in [0.25, 0.3) is 0 Å². The molecule has 2 nitrogen and oxygen atoms in total. The molecule has 0 atom stereocenters. The molecule has 0 bridgehead atoms. The first-order valence-electron chi connectivity index (χ1n) is 5.62. The first-order chi connectivity index (χ1) is 8.43. The van der Waals surface area contributed by atoms with Crippen molar-refractivity contribution in [2.75, 3.05) is 25.8 Å². The summed E-state index contributed by atoms with van der Waals surface area (Å²) in [5.74, 6) is 6.34. The van der Waals surface area contributed by atoms with E-state index in [9.17, 15) is 0 Å². The summed E-state index contributed by atoms with van der Waals surface area (Å²) in [5.41, 5.74) is 1.96. The number of hydrogen-bond donors (Lipinski definition) is 0. The summed E-state index contributed by atoms with van der Waals surface area (Å²) in [4.78, 5) is 0. The van der Waals surface area contributed by atoms with Gasteiger partial charge < -0.3 is 0 Å². The molecule has 3 heteroatoms. The van der Waals surface area contributed by atoms with Crippen LogP contribution < -0.4 is 0 Å². The minimum atomic E-state index is 0.541. The van der Waals surface area contributed by atoms with Crippen LogP contribution in [0.4, 0.5) is 0 Å². The molecule has 0 unspecified atom stereocenters. The third-order valence-corrected chi connectivity index (χ3v) is 3.71. The molecule has 0 heterocycles. The molecular formula is C14H18O2Se. The maximum absolute atomic E-state index is 5.39. The fourth-order valence-electron chi connectivity index (χ4n) is 1.13. The van der Waals surface area contributed by atoms with Crippen LogP contribution in [-0.4, -0.2) is 40.8 Å². The van der Waals surface area contributed by atoms with Gasteiger partial charge in [-0.05, 0) is 0 Å². The van der Waals surface area contributed by atoms with Crippen molar-refractivity contribution in [1.29, 1.82) is 0 Å². The Balaban J connectivity index is 1.99. The molecule has 0 radical (unpaired) electrons. The molecule has 0 aromatic heterocycles. The van der Waals surface area contributed by atoms with E-state index >= 15 is 0 Å². The summed E-state index contributed by atoms with van der Waals surface area (Å²) in [5, 5.41) is 1.15. The van der Waals surface area contributed by atoms with Gasteiger partial charge in [-0.3, -0.25) is 0 Å². The van der Waals surface area contributed by atoms with Crippen LogP contribution in [0.25, 0.3) is 0 Å². The molecule has 0 aliphatic heterocycles. The van der Waals surface area contributed by atoms with Crippen molar-refractivity contribution in [3.63, 3.8) is 0 Å². The second kappa shape index (κ2) is 10.4. The first-order valence-corrected chi connectivity index (χ1v) is 8.04. The van der Waals surface area contributed by atoms with Crippen LogP contribution in [0.1, 0.15) is 12.0 Å². The van der Waals surface area contributed by atoms with Crippen molar-refractivity contribution in [3.8, 4) is 11.8 Å². The zero-order chi connectivity index (χ0) is 12.2. The van der Waals surface area contributed by atoms with E-state index < -0.39 is 0 Å². The minimum absolute atomic E-state index is 0.541. The van der Waals surface area contributed by atoms with Crippen molar-refractivity contribution in [2.24, 2.45) is 0 Å². The fraction of sp³-hybridized carbons (Fsp3) is 0.429. The summed E-state index contributed by atoms with van der Waals surface area (Å²) in [6, 6.07) is 10.1. The van der Waals surface area contributed by atoms with E-state index in [1.54, 1.807) is 7.11 Å². The second-order valence-corrected chi connectivity index (χ2v) is 5.55. The first kappa shape index (κ1) is 14.3. The molecule has 1 rings (SSSR count). The van der Waals surface area contributed by atoms with E-state index in [0.717, 1.165) is 22.8 Å². The Bertz CT molecular complexity index is 340. The molecule has 1 aromatic rings. The van der Waals surface area contributed by atoms with Crippen molar-refractivity contribution >= 4 is 15.0 Å². The summed E-state index contributed by atoms with van der Waals surface area (Å²) in [6.07, 6.45) is 0.961. The van der Waals surface area contributed by atoms with Crippen LogP contribution in [0.15, 0.2) is 30.3 Å². The van der Waals surface area contributed by atoms with Crippen molar-refractivity contribution in [1.82, 2.24) is 0 Å². The van der Waals surface area contributed by atoms with Gasteiger partial charge in [0.1, 0.15) is 0 Å². The van der Waals surface area contributed by atoms with Crippen LogP contribution in [0, 0.1) is 11.8 Å². The standard InChI is InChI=1S/C14H18O2Se/c1-15-10-11-16-13-17-12-6-5-9-14-7-3-2-4-8-14/h2-4,7-8H,6,10-13H2,1H3.